The number of nitrogens with one attached hydrogen (secondary N) is 2. The number of benzene rings is 3. The summed E-state index contributed by atoms with van der Waals surface area (Å²) in [5.41, 5.74) is 5.74. The van der Waals surface area contributed by atoms with Gasteiger partial charge < -0.3 is 20.1 Å². The van der Waals surface area contributed by atoms with E-state index in [1.54, 1.807) is 11.8 Å². The van der Waals surface area contributed by atoms with Crippen LogP contribution in [0.2, 0.25) is 0 Å². The Labute approximate surface area is 220 Å². The molecule has 0 saturated carbocycles. The molecule has 194 valence electrons. The maximum Gasteiger partial charge on any atom is 0.272 e. The van der Waals surface area contributed by atoms with Crippen molar-refractivity contribution in [2.75, 3.05) is 20.3 Å². The van der Waals surface area contributed by atoms with Gasteiger partial charge in [-0.2, -0.15) is 5.10 Å². The fourth-order valence-electron chi connectivity index (χ4n) is 5.51. The molecule has 0 atom stereocenters. The van der Waals surface area contributed by atoms with Crippen LogP contribution in [0.15, 0.2) is 66.9 Å². The van der Waals surface area contributed by atoms with Gasteiger partial charge in [0.25, 0.3) is 5.91 Å². The van der Waals surface area contributed by atoms with Gasteiger partial charge in [0.05, 0.1) is 20.3 Å². The molecule has 0 fully saturated rings. The summed E-state index contributed by atoms with van der Waals surface area (Å²) in [4.78, 5) is 19.1. The molecule has 1 amide bonds. The lowest BCUT2D eigenvalue weighted by Crippen LogP contribution is -2.32. The van der Waals surface area contributed by atoms with Gasteiger partial charge in [-0.05, 0) is 34.0 Å². The average molecular weight is 510 g/mol. The monoisotopic (exact) mass is 509 g/mol. The van der Waals surface area contributed by atoms with Crippen molar-refractivity contribution in [1.29, 1.82) is 0 Å². The van der Waals surface area contributed by atoms with E-state index in [1.165, 1.54) is 10.9 Å². The van der Waals surface area contributed by atoms with Crippen molar-refractivity contribution in [2.24, 2.45) is 0 Å². The van der Waals surface area contributed by atoms with Gasteiger partial charge in [0, 0.05) is 67.0 Å². The van der Waals surface area contributed by atoms with Gasteiger partial charge in [0.2, 0.25) is 0 Å². The number of nitrogens with zero attached hydrogens (tertiary/aromatic N) is 3. The van der Waals surface area contributed by atoms with Crippen LogP contribution in [0.3, 0.4) is 0 Å². The van der Waals surface area contributed by atoms with Gasteiger partial charge in [0.1, 0.15) is 5.75 Å². The van der Waals surface area contributed by atoms with Gasteiger partial charge in [-0.1, -0.05) is 42.5 Å². The molecule has 0 spiro atoms. The van der Waals surface area contributed by atoms with Crippen LogP contribution in [0.4, 0.5) is 0 Å². The largest absolute Gasteiger partial charge is 0.497 e. The molecule has 2 aromatic heterocycles. The third-order valence-electron chi connectivity index (χ3n) is 7.43. The number of aromatic nitrogens is 3. The Morgan fingerprint density at radius 3 is 2.84 bits per heavy atom. The smallest absolute Gasteiger partial charge is 0.272 e. The topological polar surface area (TPSA) is 95.4 Å². The van der Waals surface area contributed by atoms with Crippen molar-refractivity contribution in [3.8, 4) is 5.75 Å². The molecule has 0 saturated heterocycles. The van der Waals surface area contributed by atoms with E-state index in [9.17, 15) is 9.90 Å². The van der Waals surface area contributed by atoms with E-state index in [0.29, 0.717) is 25.3 Å². The molecule has 8 heteroatoms. The highest BCUT2D eigenvalue weighted by Gasteiger charge is 2.28. The van der Waals surface area contributed by atoms with Gasteiger partial charge in [-0.25, -0.2) is 0 Å². The Morgan fingerprint density at radius 1 is 1.11 bits per heavy atom. The van der Waals surface area contributed by atoms with Crippen LogP contribution in [0.1, 0.15) is 32.9 Å². The van der Waals surface area contributed by atoms with E-state index in [1.807, 2.05) is 42.6 Å². The molecule has 1 aliphatic rings. The summed E-state index contributed by atoms with van der Waals surface area (Å²) in [6.07, 6.45) is 2.82. The molecule has 3 heterocycles. The number of hydrogen-bond acceptors (Lipinski definition) is 5. The van der Waals surface area contributed by atoms with Gasteiger partial charge in [-0.3, -0.25) is 14.4 Å². The highest BCUT2D eigenvalue weighted by Crippen LogP contribution is 2.28. The number of H-pyrrole nitrogens is 1. The maximum atomic E-state index is 13.4. The molecule has 0 radical (unpaired) electrons. The van der Waals surface area contributed by atoms with Crippen molar-refractivity contribution in [1.82, 2.24) is 25.0 Å². The molecule has 0 bridgehead atoms. The number of amides is 1. The molecule has 8 nitrogen and oxygen atoms in total. The van der Waals surface area contributed by atoms with Crippen molar-refractivity contribution in [3.63, 3.8) is 0 Å². The molecule has 0 aliphatic carbocycles. The molecular formula is C30H31N5O3. The van der Waals surface area contributed by atoms with E-state index in [0.717, 1.165) is 58.4 Å². The second-order valence-electron chi connectivity index (χ2n) is 9.73. The number of ether oxygens (including phenoxy) is 1. The van der Waals surface area contributed by atoms with Crippen molar-refractivity contribution in [3.05, 3.63) is 94.9 Å². The molecule has 6 rings (SSSR count). The van der Waals surface area contributed by atoms with E-state index < -0.39 is 0 Å². The first-order valence-corrected chi connectivity index (χ1v) is 12.9. The first-order chi connectivity index (χ1) is 18.6. The minimum absolute atomic E-state index is 0.0201. The summed E-state index contributed by atoms with van der Waals surface area (Å²) in [6, 6.07) is 20.4. The summed E-state index contributed by atoms with van der Waals surface area (Å²) >= 11 is 0. The average Bonchev–Trinajstić information content (AvgIpc) is 3.52. The zero-order chi connectivity index (χ0) is 26.1. The highest BCUT2D eigenvalue weighted by atomic mass is 16.5. The zero-order valence-corrected chi connectivity index (χ0v) is 21.4. The Balaban J connectivity index is 1.23. The fourth-order valence-corrected chi connectivity index (χ4v) is 5.51. The molecule has 1 aliphatic heterocycles. The lowest BCUT2D eigenvalue weighted by molar-refractivity contribution is 0.0942. The number of fused-ring (bicyclic) bond motifs is 3. The zero-order valence-electron chi connectivity index (χ0n) is 21.4. The van der Waals surface area contributed by atoms with Crippen LogP contribution in [-0.4, -0.2) is 50.9 Å². The predicted molar refractivity (Wildman–Crippen MR) is 147 cm³/mol. The third-order valence-corrected chi connectivity index (χ3v) is 7.43. The summed E-state index contributed by atoms with van der Waals surface area (Å²) in [5.74, 6) is 0.635. The van der Waals surface area contributed by atoms with Crippen molar-refractivity contribution >= 4 is 27.6 Å². The number of aliphatic hydroxyl groups excluding tert-OH is 1. The minimum Gasteiger partial charge on any atom is -0.497 e. The molecule has 3 aromatic carbocycles. The Morgan fingerprint density at radius 2 is 1.97 bits per heavy atom. The Hall–Kier alpha value is -4.14. The second kappa shape index (κ2) is 10.3. The highest BCUT2D eigenvalue weighted by molar-refractivity contribution is 5.94. The lowest BCUT2D eigenvalue weighted by atomic mass is 10.0. The Bertz CT molecular complexity index is 1610. The predicted octanol–water partition coefficient (Wildman–Crippen LogP) is 4.01. The lowest BCUT2D eigenvalue weighted by Gasteiger charge is -2.27. The number of methoxy groups -OCH3 is 1. The van der Waals surface area contributed by atoms with E-state index in [4.69, 9.17) is 4.74 Å². The molecule has 0 unspecified atom stereocenters. The van der Waals surface area contributed by atoms with Crippen LogP contribution in [0.5, 0.6) is 5.75 Å². The fraction of sp³-hybridized carbons (Fsp3) is 0.267. The SMILES string of the molecule is COc1ccc2c(CN3CCc4c(c(C(=O)NCc5cccc6ccccc56)nn4CCO)C3)c[nH]c2c1. The van der Waals surface area contributed by atoms with Crippen LogP contribution in [-0.2, 0) is 32.6 Å². The van der Waals surface area contributed by atoms with Gasteiger partial charge >= 0.3 is 0 Å². The number of rotatable bonds is 8. The third kappa shape index (κ3) is 4.53. The number of carbonyl (C=O) groups is 1. The van der Waals surface area contributed by atoms with Crippen molar-refractivity contribution in [2.45, 2.75) is 32.6 Å². The molecular weight excluding hydrogens is 478 g/mol. The quantitative estimate of drug-likeness (QED) is 0.294. The summed E-state index contributed by atoms with van der Waals surface area (Å²) in [7, 11) is 1.67. The van der Waals surface area contributed by atoms with Crippen LogP contribution in [0, 0.1) is 0 Å². The van der Waals surface area contributed by atoms with Crippen LogP contribution in [0.25, 0.3) is 21.7 Å². The van der Waals surface area contributed by atoms with Crippen molar-refractivity contribution < 1.29 is 14.6 Å². The molecule has 38 heavy (non-hydrogen) atoms. The van der Waals surface area contributed by atoms with E-state index in [-0.39, 0.29) is 12.5 Å². The van der Waals surface area contributed by atoms with Crippen LogP contribution < -0.4 is 10.1 Å². The molecule has 3 N–H and O–H groups in total. The summed E-state index contributed by atoms with van der Waals surface area (Å²) < 4.78 is 7.16. The van der Waals surface area contributed by atoms with E-state index >= 15 is 0 Å². The summed E-state index contributed by atoms with van der Waals surface area (Å²) in [6.45, 7) is 3.01. The standard InChI is InChI=1S/C30H31N5O3/c1-38-23-9-10-25-22(17-31-27(25)15-23)18-34-12-11-28-26(19-34)29(33-35(28)13-14-36)30(37)32-16-21-7-4-6-20-5-2-3-8-24(20)21/h2-10,15,17,31,36H,11-14,16,18-19H2,1H3,(H,32,37). The number of carbonyl (C=O) groups excluding carboxylic acids is 1. The van der Waals surface area contributed by atoms with Gasteiger partial charge in [-0.15, -0.1) is 0 Å². The number of hydrogen-bond donors (Lipinski definition) is 3. The number of aliphatic hydroxyl groups is 1. The Kier molecular flexibility index (Phi) is 6.57. The maximum absolute atomic E-state index is 13.4. The molecule has 5 aromatic rings. The second-order valence-corrected chi connectivity index (χ2v) is 9.73. The van der Waals surface area contributed by atoms with Gasteiger partial charge in [0.15, 0.2) is 5.69 Å². The van der Waals surface area contributed by atoms with Crippen LogP contribution >= 0.6 is 0 Å². The normalized spacial score (nSPS) is 13.6. The summed E-state index contributed by atoms with van der Waals surface area (Å²) in [5, 5.41) is 20.8. The number of aromatic amines is 1. The first kappa shape index (κ1) is 24.2. The first-order valence-electron chi connectivity index (χ1n) is 12.9. The minimum atomic E-state index is -0.188. The van der Waals surface area contributed by atoms with E-state index in [2.05, 4.69) is 44.6 Å².